The molecule has 56 heavy (non-hydrogen) atoms. The molecule has 0 spiro atoms. The summed E-state index contributed by atoms with van der Waals surface area (Å²) in [5.41, 5.74) is 11.2. The monoisotopic (exact) mass is 729 g/mol. The molecule has 12 rings (SSSR count). The van der Waals surface area contributed by atoms with Crippen molar-refractivity contribution < 1.29 is 0 Å². The minimum atomic E-state index is 0.595. The van der Waals surface area contributed by atoms with Crippen molar-refractivity contribution >= 4 is 96.9 Å². The van der Waals surface area contributed by atoms with Crippen LogP contribution in [0.25, 0.3) is 103 Å². The molecular weight excluding hydrogens is 703 g/mol. The summed E-state index contributed by atoms with van der Waals surface area (Å²) in [6.07, 6.45) is 0. The Labute approximate surface area is 323 Å². The number of aromatic nitrogens is 3. The molecule has 0 N–H and O–H groups in total. The van der Waals surface area contributed by atoms with Crippen molar-refractivity contribution in [3.63, 3.8) is 0 Å². The topological polar surface area (TPSA) is 62.4 Å². The van der Waals surface area contributed by atoms with Crippen molar-refractivity contribution in [3.05, 3.63) is 175 Å². The first-order valence-corrected chi connectivity index (χ1v) is 19.4. The average Bonchev–Trinajstić information content (AvgIpc) is 3.99. The van der Waals surface area contributed by atoms with Crippen molar-refractivity contribution in [1.29, 1.82) is 10.5 Å². The van der Waals surface area contributed by atoms with Crippen LogP contribution in [0.3, 0.4) is 0 Å². The van der Waals surface area contributed by atoms with E-state index >= 15 is 0 Å². The lowest BCUT2D eigenvalue weighted by Gasteiger charge is -2.13. The van der Waals surface area contributed by atoms with Crippen molar-refractivity contribution in [3.8, 4) is 29.2 Å². The molecular formula is C50H27N5S. The van der Waals surface area contributed by atoms with Gasteiger partial charge in [-0.3, -0.25) is 0 Å². The van der Waals surface area contributed by atoms with Crippen LogP contribution in [0.15, 0.2) is 164 Å². The van der Waals surface area contributed by atoms with Gasteiger partial charge in [-0.1, -0.05) is 66.7 Å². The van der Waals surface area contributed by atoms with Crippen molar-refractivity contribution in [1.82, 2.24) is 13.7 Å². The third kappa shape index (κ3) is 4.16. The van der Waals surface area contributed by atoms with Crippen molar-refractivity contribution in [2.45, 2.75) is 0 Å². The van der Waals surface area contributed by atoms with E-state index in [1.54, 1.807) is 0 Å². The van der Waals surface area contributed by atoms with Crippen molar-refractivity contribution in [2.24, 2.45) is 0 Å². The Kier molecular flexibility index (Phi) is 6.28. The maximum Gasteiger partial charge on any atom is 0.0991 e. The number of hydrogen-bond donors (Lipinski definition) is 0. The first kappa shape index (κ1) is 30.8. The van der Waals surface area contributed by atoms with E-state index in [0.717, 1.165) is 44.4 Å². The van der Waals surface area contributed by atoms with E-state index in [0.29, 0.717) is 11.1 Å². The summed E-state index contributed by atoms with van der Waals surface area (Å²) in [4.78, 5) is 0. The van der Waals surface area contributed by atoms with Crippen LogP contribution in [0, 0.1) is 22.7 Å². The zero-order valence-electron chi connectivity index (χ0n) is 29.7. The number of fused-ring (bicyclic) bond motifs is 13. The Balaban J connectivity index is 1.15. The summed E-state index contributed by atoms with van der Waals surface area (Å²) >= 11 is 1.81. The third-order valence-corrected chi connectivity index (χ3v) is 12.6. The van der Waals surface area contributed by atoms with Gasteiger partial charge in [-0.05, 0) is 97.1 Å². The number of benzene rings is 8. The minimum Gasteiger partial charge on any atom is -0.309 e. The molecule has 12 aromatic rings. The van der Waals surface area contributed by atoms with E-state index < -0.39 is 0 Å². The average molecular weight is 730 g/mol. The highest BCUT2D eigenvalue weighted by atomic mass is 32.1. The Hall–Kier alpha value is -7.64. The molecule has 4 aromatic heterocycles. The molecule has 0 atom stereocenters. The summed E-state index contributed by atoms with van der Waals surface area (Å²) in [5.74, 6) is 0. The van der Waals surface area contributed by atoms with Crippen LogP contribution in [0.2, 0.25) is 0 Å². The SMILES string of the molecule is N#Cc1ccc2c(c1)c1cc(C#N)ccc1n2-c1ccc2sc3ccc(-n4c5ccccc5c5ccc6c7ccccc7n(-c7ccccc7)c6c54)cc3c2c1. The lowest BCUT2D eigenvalue weighted by Crippen LogP contribution is -1.98. The Morgan fingerprint density at radius 1 is 0.339 bits per heavy atom. The number of hydrogen-bond acceptors (Lipinski definition) is 3. The van der Waals surface area contributed by atoms with Gasteiger partial charge in [0.1, 0.15) is 0 Å². The van der Waals surface area contributed by atoms with E-state index in [1.165, 1.54) is 58.3 Å². The largest absolute Gasteiger partial charge is 0.309 e. The first-order valence-electron chi connectivity index (χ1n) is 18.5. The quantitative estimate of drug-likeness (QED) is 0.182. The Bertz CT molecular complexity index is 3660. The highest BCUT2D eigenvalue weighted by Crippen LogP contribution is 2.44. The summed E-state index contributed by atoms with van der Waals surface area (Å²) in [7, 11) is 0. The van der Waals surface area contributed by atoms with E-state index in [4.69, 9.17) is 0 Å². The Morgan fingerprint density at radius 3 is 1.34 bits per heavy atom. The predicted octanol–water partition coefficient (Wildman–Crippen LogP) is 13.1. The number of nitriles is 2. The summed E-state index contributed by atoms with van der Waals surface area (Å²) in [6.45, 7) is 0. The van der Waals surface area contributed by atoms with Gasteiger partial charge in [-0.2, -0.15) is 10.5 Å². The minimum absolute atomic E-state index is 0.595. The van der Waals surface area contributed by atoms with Gasteiger partial charge in [0.25, 0.3) is 0 Å². The smallest absolute Gasteiger partial charge is 0.0991 e. The zero-order chi connectivity index (χ0) is 37.1. The molecule has 0 fully saturated rings. The van der Waals surface area contributed by atoms with Crippen LogP contribution in [-0.2, 0) is 0 Å². The lowest BCUT2D eigenvalue weighted by molar-refractivity contribution is 1.15. The second-order valence-electron chi connectivity index (χ2n) is 14.4. The molecule has 0 aliphatic rings. The van der Waals surface area contributed by atoms with Crippen LogP contribution in [0.1, 0.15) is 11.1 Å². The van der Waals surface area contributed by atoms with Crippen LogP contribution in [-0.4, -0.2) is 13.7 Å². The van der Waals surface area contributed by atoms with Crippen LogP contribution in [0.4, 0.5) is 0 Å². The maximum absolute atomic E-state index is 9.74. The second kappa shape index (κ2) is 11.4. The van der Waals surface area contributed by atoms with Gasteiger partial charge in [0.15, 0.2) is 0 Å². The molecule has 5 nitrogen and oxygen atoms in total. The predicted molar refractivity (Wildman–Crippen MR) is 232 cm³/mol. The lowest BCUT2D eigenvalue weighted by atomic mass is 10.1. The summed E-state index contributed by atoms with van der Waals surface area (Å²) in [6, 6.07) is 62.6. The van der Waals surface area contributed by atoms with Gasteiger partial charge in [0, 0.05) is 69.6 Å². The molecule has 4 heterocycles. The number of thiophene rings is 1. The molecule has 0 aliphatic heterocycles. The molecule has 0 unspecified atom stereocenters. The molecule has 0 aliphatic carbocycles. The van der Waals surface area contributed by atoms with E-state index in [1.807, 2.05) is 47.7 Å². The summed E-state index contributed by atoms with van der Waals surface area (Å²) in [5, 5.41) is 28.7. The normalized spacial score (nSPS) is 11.9. The zero-order valence-corrected chi connectivity index (χ0v) is 30.5. The van der Waals surface area contributed by atoms with E-state index in [9.17, 15) is 10.5 Å². The van der Waals surface area contributed by atoms with E-state index in [-0.39, 0.29) is 0 Å². The van der Waals surface area contributed by atoms with Crippen LogP contribution in [0.5, 0.6) is 0 Å². The van der Waals surface area contributed by atoms with Gasteiger partial charge in [-0.25, -0.2) is 0 Å². The molecule has 0 saturated carbocycles. The van der Waals surface area contributed by atoms with Crippen LogP contribution < -0.4 is 0 Å². The van der Waals surface area contributed by atoms with Gasteiger partial charge < -0.3 is 13.7 Å². The second-order valence-corrected chi connectivity index (χ2v) is 15.5. The van der Waals surface area contributed by atoms with Gasteiger partial charge in [0.05, 0.1) is 56.4 Å². The molecule has 0 radical (unpaired) electrons. The van der Waals surface area contributed by atoms with Gasteiger partial charge in [-0.15, -0.1) is 11.3 Å². The third-order valence-electron chi connectivity index (χ3n) is 11.5. The highest BCUT2D eigenvalue weighted by Gasteiger charge is 2.22. The molecule has 258 valence electrons. The molecule has 6 heteroatoms. The maximum atomic E-state index is 9.74. The fourth-order valence-corrected chi connectivity index (χ4v) is 10.2. The number of para-hydroxylation sites is 3. The molecule has 8 aromatic carbocycles. The van der Waals surface area contributed by atoms with Gasteiger partial charge >= 0.3 is 0 Å². The van der Waals surface area contributed by atoms with Gasteiger partial charge in [0.2, 0.25) is 0 Å². The number of rotatable bonds is 3. The summed E-state index contributed by atoms with van der Waals surface area (Å²) < 4.78 is 9.59. The van der Waals surface area contributed by atoms with Crippen molar-refractivity contribution in [2.75, 3.05) is 0 Å². The molecule has 0 bridgehead atoms. The number of nitrogens with zero attached hydrogens (tertiary/aromatic N) is 5. The fourth-order valence-electron chi connectivity index (χ4n) is 9.09. The molecule has 0 amide bonds. The fraction of sp³-hybridized carbons (Fsp3) is 0. The molecule has 0 saturated heterocycles. The standard InChI is InChI=1S/C50H27N5S/c51-28-30-14-20-45-39(24-30)40-25-31(29-52)15-21-46(40)53(45)33-16-22-47-41(26-33)42-27-34(17-23-48(42)56-47)55-44-13-7-5-11-36(44)38-19-18-37-35-10-4-6-12-43(35)54(49(37)50(38)55)32-8-2-1-3-9-32/h1-27H. The first-order chi connectivity index (χ1) is 27.7. The Morgan fingerprint density at radius 2 is 0.804 bits per heavy atom. The van der Waals surface area contributed by atoms with E-state index in [2.05, 4.69) is 153 Å². The highest BCUT2D eigenvalue weighted by molar-refractivity contribution is 7.25. The van der Waals surface area contributed by atoms with Crippen LogP contribution >= 0.6 is 11.3 Å².